The van der Waals surface area contributed by atoms with Crippen LogP contribution in [0.5, 0.6) is 0 Å². The van der Waals surface area contributed by atoms with Crippen molar-refractivity contribution in [1.29, 1.82) is 0 Å². The minimum absolute atomic E-state index is 0.0485. The highest BCUT2D eigenvalue weighted by Crippen LogP contribution is 2.25. The van der Waals surface area contributed by atoms with Crippen LogP contribution in [0.4, 0.5) is 0 Å². The van der Waals surface area contributed by atoms with E-state index < -0.39 is 16.1 Å². The first-order valence-electron chi connectivity index (χ1n) is 9.25. The predicted octanol–water partition coefficient (Wildman–Crippen LogP) is 2.66. The largest absolute Gasteiger partial charge is 0.339 e. The third-order valence-corrected chi connectivity index (χ3v) is 7.06. The van der Waals surface area contributed by atoms with Crippen LogP contribution in [0.1, 0.15) is 5.56 Å². The van der Waals surface area contributed by atoms with E-state index in [1.165, 1.54) is 18.2 Å². The maximum Gasteiger partial charge on any atom is 0.242 e. The van der Waals surface area contributed by atoms with Gasteiger partial charge in [0, 0.05) is 31.2 Å². The summed E-state index contributed by atoms with van der Waals surface area (Å²) >= 11 is 12.0. The third-order valence-electron chi connectivity index (χ3n) is 4.88. The molecule has 9 heteroatoms. The van der Waals surface area contributed by atoms with E-state index in [1.807, 2.05) is 37.4 Å². The molecule has 0 aromatic heterocycles. The van der Waals surface area contributed by atoms with Gasteiger partial charge in [-0.3, -0.25) is 4.79 Å². The number of rotatable bonds is 6. The van der Waals surface area contributed by atoms with Gasteiger partial charge in [0.05, 0.1) is 5.02 Å². The lowest BCUT2D eigenvalue weighted by atomic mass is 10.1. The summed E-state index contributed by atoms with van der Waals surface area (Å²) < 4.78 is 28.6. The number of carbonyl (C=O) groups excluding carboxylic acids is 1. The second-order valence-corrected chi connectivity index (χ2v) is 9.59. The molecule has 156 valence electrons. The van der Waals surface area contributed by atoms with Crippen LogP contribution in [0, 0.1) is 0 Å². The van der Waals surface area contributed by atoms with Gasteiger partial charge in [-0.25, -0.2) is 8.42 Å². The zero-order valence-electron chi connectivity index (χ0n) is 16.0. The Kier molecular flexibility index (Phi) is 7.19. The zero-order valence-corrected chi connectivity index (χ0v) is 18.3. The highest BCUT2D eigenvalue weighted by Gasteiger charge is 2.31. The number of benzene rings is 2. The number of likely N-dealkylation sites (N-methyl/N-ethyl adjacent to an activating group) is 1. The fraction of sp³-hybridized carbons (Fsp3) is 0.350. The molecule has 1 aliphatic rings. The molecule has 1 N–H and O–H groups in total. The molecule has 6 nitrogen and oxygen atoms in total. The minimum Gasteiger partial charge on any atom is -0.339 e. The second-order valence-electron chi connectivity index (χ2n) is 7.07. The molecule has 0 bridgehead atoms. The van der Waals surface area contributed by atoms with Gasteiger partial charge in [-0.1, -0.05) is 53.5 Å². The topological polar surface area (TPSA) is 69.7 Å². The van der Waals surface area contributed by atoms with Crippen molar-refractivity contribution in [3.63, 3.8) is 0 Å². The van der Waals surface area contributed by atoms with Crippen LogP contribution in [-0.4, -0.2) is 63.4 Å². The Morgan fingerprint density at radius 2 is 1.72 bits per heavy atom. The minimum atomic E-state index is -4.05. The van der Waals surface area contributed by atoms with E-state index in [4.69, 9.17) is 23.2 Å². The Labute approximate surface area is 181 Å². The number of carbonyl (C=O) groups is 1. The summed E-state index contributed by atoms with van der Waals surface area (Å²) in [6, 6.07) is 12.6. The van der Waals surface area contributed by atoms with Crippen molar-refractivity contribution in [1.82, 2.24) is 14.5 Å². The lowest BCUT2D eigenvalue weighted by Gasteiger charge is -2.34. The summed E-state index contributed by atoms with van der Waals surface area (Å²) in [5, 5.41) is 0.298. The summed E-state index contributed by atoms with van der Waals surface area (Å²) in [7, 11) is -2.06. The van der Waals surface area contributed by atoms with Crippen LogP contribution >= 0.6 is 23.2 Å². The van der Waals surface area contributed by atoms with Gasteiger partial charge >= 0.3 is 0 Å². The molecule has 1 aliphatic heterocycles. The average molecular weight is 456 g/mol. The van der Waals surface area contributed by atoms with Crippen LogP contribution in [0.15, 0.2) is 53.4 Å². The molecule has 0 aliphatic carbocycles. The summed E-state index contributed by atoms with van der Waals surface area (Å²) in [6.07, 6.45) is 0.240. The first-order valence-corrected chi connectivity index (χ1v) is 11.5. The number of nitrogens with one attached hydrogen (secondary N) is 1. The smallest absolute Gasteiger partial charge is 0.242 e. The molecule has 1 saturated heterocycles. The summed E-state index contributed by atoms with van der Waals surface area (Å²) in [4.78, 5) is 16.9. The number of amides is 1. The summed E-state index contributed by atoms with van der Waals surface area (Å²) in [5.74, 6) is -0.247. The molecule has 29 heavy (non-hydrogen) atoms. The first-order chi connectivity index (χ1) is 13.8. The van der Waals surface area contributed by atoms with E-state index >= 15 is 0 Å². The molecule has 0 spiro atoms. The molecule has 0 saturated carbocycles. The van der Waals surface area contributed by atoms with Crippen molar-refractivity contribution in [3.05, 3.63) is 64.1 Å². The van der Waals surface area contributed by atoms with E-state index in [1.54, 1.807) is 4.90 Å². The van der Waals surface area contributed by atoms with Gasteiger partial charge in [-0.2, -0.15) is 4.72 Å². The van der Waals surface area contributed by atoms with E-state index in [0.717, 1.165) is 18.7 Å². The maximum absolute atomic E-state index is 13.2. The molecule has 1 amide bonds. The Bertz CT molecular complexity index is 962. The van der Waals surface area contributed by atoms with Crippen molar-refractivity contribution >= 4 is 39.1 Å². The Hall–Kier alpha value is -1.64. The van der Waals surface area contributed by atoms with Crippen molar-refractivity contribution in [2.24, 2.45) is 0 Å². The number of hydrogen-bond donors (Lipinski definition) is 1. The number of piperazine rings is 1. The van der Waals surface area contributed by atoms with Gasteiger partial charge in [0.15, 0.2) is 0 Å². The third kappa shape index (κ3) is 5.71. The van der Waals surface area contributed by atoms with Crippen LogP contribution in [0.3, 0.4) is 0 Å². The lowest BCUT2D eigenvalue weighted by molar-refractivity contribution is -0.134. The van der Waals surface area contributed by atoms with E-state index in [2.05, 4.69) is 9.62 Å². The van der Waals surface area contributed by atoms with Crippen molar-refractivity contribution in [2.45, 2.75) is 17.4 Å². The van der Waals surface area contributed by atoms with Gasteiger partial charge in [-0.05, 0) is 37.2 Å². The SMILES string of the molecule is CN1CCN(C(=O)[C@@H](Cc2ccccc2)NS(=O)(=O)c2cc(Cl)ccc2Cl)CC1. The molecular formula is C20H23Cl2N3O3S. The van der Waals surface area contributed by atoms with E-state index in [-0.39, 0.29) is 27.3 Å². The molecule has 0 radical (unpaired) electrons. The van der Waals surface area contributed by atoms with Gasteiger partial charge in [0.2, 0.25) is 15.9 Å². The molecular weight excluding hydrogens is 433 g/mol. The van der Waals surface area contributed by atoms with E-state index in [0.29, 0.717) is 13.1 Å². The fourth-order valence-corrected chi connectivity index (χ4v) is 5.16. The Morgan fingerprint density at radius 1 is 1.07 bits per heavy atom. The Morgan fingerprint density at radius 3 is 2.38 bits per heavy atom. The van der Waals surface area contributed by atoms with Crippen molar-refractivity contribution in [2.75, 3.05) is 33.2 Å². The Balaban J connectivity index is 1.88. The lowest BCUT2D eigenvalue weighted by Crippen LogP contribution is -2.54. The molecule has 0 unspecified atom stereocenters. The second kappa shape index (κ2) is 9.45. The molecule has 2 aromatic carbocycles. The van der Waals surface area contributed by atoms with Gasteiger partial charge in [0.25, 0.3) is 0 Å². The van der Waals surface area contributed by atoms with Crippen molar-refractivity contribution in [3.8, 4) is 0 Å². The number of halogens is 2. The van der Waals surface area contributed by atoms with Gasteiger partial charge in [0.1, 0.15) is 10.9 Å². The normalized spacial score (nSPS) is 16.6. The fourth-order valence-electron chi connectivity index (χ4n) is 3.21. The monoisotopic (exact) mass is 455 g/mol. The van der Waals surface area contributed by atoms with Crippen LogP contribution in [0.2, 0.25) is 10.0 Å². The number of nitrogens with zero attached hydrogens (tertiary/aromatic N) is 2. The molecule has 1 fully saturated rings. The highest BCUT2D eigenvalue weighted by molar-refractivity contribution is 7.89. The predicted molar refractivity (Wildman–Crippen MR) is 115 cm³/mol. The highest BCUT2D eigenvalue weighted by atomic mass is 35.5. The maximum atomic E-state index is 13.2. The standard InChI is InChI=1S/C20H23Cl2N3O3S/c1-24-9-11-25(12-10-24)20(26)18(13-15-5-3-2-4-6-15)23-29(27,28)19-14-16(21)7-8-17(19)22/h2-8,14,18,23H,9-13H2,1H3/t18-/m1/s1. The number of hydrogen-bond acceptors (Lipinski definition) is 4. The summed E-state index contributed by atoms with van der Waals surface area (Å²) in [6.45, 7) is 2.61. The van der Waals surface area contributed by atoms with Gasteiger partial charge in [-0.15, -0.1) is 0 Å². The molecule has 1 atom stereocenters. The quantitative estimate of drug-likeness (QED) is 0.726. The van der Waals surface area contributed by atoms with Gasteiger partial charge < -0.3 is 9.80 Å². The van der Waals surface area contributed by atoms with Crippen LogP contribution in [-0.2, 0) is 21.2 Å². The molecule has 1 heterocycles. The number of sulfonamides is 1. The zero-order chi connectivity index (χ0) is 21.0. The summed E-state index contributed by atoms with van der Waals surface area (Å²) in [5.41, 5.74) is 0.861. The van der Waals surface area contributed by atoms with Crippen LogP contribution < -0.4 is 4.72 Å². The molecule has 2 aromatic rings. The van der Waals surface area contributed by atoms with Crippen molar-refractivity contribution < 1.29 is 13.2 Å². The van der Waals surface area contributed by atoms with Crippen LogP contribution in [0.25, 0.3) is 0 Å². The first kappa shape index (κ1) is 22.1. The average Bonchev–Trinajstić information content (AvgIpc) is 2.70. The molecule has 3 rings (SSSR count). The van der Waals surface area contributed by atoms with E-state index in [9.17, 15) is 13.2 Å².